The monoisotopic (exact) mass is 434 g/mol. The maximum Gasteiger partial charge on any atom is 0.239 e. The van der Waals surface area contributed by atoms with Crippen LogP contribution in [0.2, 0.25) is 0 Å². The Morgan fingerprint density at radius 1 is 0.889 bits per heavy atom. The van der Waals surface area contributed by atoms with Gasteiger partial charge < -0.3 is 20.5 Å². The van der Waals surface area contributed by atoms with Gasteiger partial charge in [0.25, 0.3) is 0 Å². The van der Waals surface area contributed by atoms with Gasteiger partial charge in [-0.2, -0.15) is 0 Å². The smallest absolute Gasteiger partial charge is 0.239 e. The van der Waals surface area contributed by atoms with Crippen molar-refractivity contribution in [3.05, 3.63) is 48.5 Å². The first-order chi connectivity index (χ1) is 12.9. The van der Waals surface area contributed by atoms with E-state index >= 15 is 0 Å². The molecule has 0 aliphatic heterocycles. The van der Waals surface area contributed by atoms with Crippen LogP contribution in [0.1, 0.15) is 0 Å². The maximum absolute atomic E-state index is 10.9. The van der Waals surface area contributed by atoms with Crippen LogP contribution >= 0.6 is 34.8 Å². The predicted octanol–water partition coefficient (Wildman–Crippen LogP) is 4.14. The van der Waals surface area contributed by atoms with Crippen molar-refractivity contribution in [1.82, 2.24) is 0 Å². The first-order valence-corrected chi connectivity index (χ1v) is 8.94. The number of nitrogens with two attached hydrogens (primary N) is 1. The summed E-state index contributed by atoms with van der Waals surface area (Å²) in [5.41, 5.74) is 6.90. The molecule has 0 unspecified atom stereocenters. The normalized spacial score (nSPS) is 8.93. The number of carbonyl (C=O) groups is 2. The Hall–Kier alpha value is -2.15. The number of nitrogens with one attached hydrogen (secondary N) is 1. The minimum absolute atomic E-state index is 0.0357. The fraction of sp³-hybridized carbons (Fsp3) is 0.222. The maximum atomic E-state index is 10.9. The summed E-state index contributed by atoms with van der Waals surface area (Å²) in [5.74, 6) is 1.24. The summed E-state index contributed by atoms with van der Waals surface area (Å²) in [6.07, 6.45) is 0. The van der Waals surface area contributed by atoms with Crippen LogP contribution in [-0.4, -0.2) is 37.1 Å². The van der Waals surface area contributed by atoms with Crippen molar-refractivity contribution < 1.29 is 19.1 Å². The highest BCUT2D eigenvalue weighted by Crippen LogP contribution is 2.14. The van der Waals surface area contributed by atoms with E-state index in [1.165, 1.54) is 0 Å². The number of methoxy groups -OCH3 is 2. The van der Waals surface area contributed by atoms with Crippen LogP contribution in [0.5, 0.6) is 11.5 Å². The molecule has 0 aliphatic carbocycles. The van der Waals surface area contributed by atoms with Crippen LogP contribution in [0, 0.1) is 0 Å². The second kappa shape index (κ2) is 15.0. The second-order valence-corrected chi connectivity index (χ2v) is 5.63. The van der Waals surface area contributed by atoms with Crippen molar-refractivity contribution >= 4 is 57.3 Å². The van der Waals surface area contributed by atoms with Gasteiger partial charge in [0.2, 0.25) is 11.1 Å². The van der Waals surface area contributed by atoms with Crippen LogP contribution in [0.15, 0.2) is 48.5 Å². The summed E-state index contributed by atoms with van der Waals surface area (Å²) in [5, 5.41) is 2.11. The van der Waals surface area contributed by atoms with E-state index < -0.39 is 5.24 Å². The van der Waals surface area contributed by atoms with E-state index in [0.29, 0.717) is 5.69 Å². The van der Waals surface area contributed by atoms with E-state index in [0.717, 1.165) is 17.2 Å². The highest BCUT2D eigenvalue weighted by molar-refractivity contribution is 6.67. The molecule has 0 fully saturated rings. The fourth-order valence-corrected chi connectivity index (χ4v) is 1.54. The topological polar surface area (TPSA) is 90.7 Å². The summed E-state index contributed by atoms with van der Waals surface area (Å²) >= 11 is 14.9. The largest absolute Gasteiger partial charge is 0.497 e. The molecule has 0 radical (unpaired) electrons. The van der Waals surface area contributed by atoms with Gasteiger partial charge in [-0.3, -0.25) is 9.59 Å². The summed E-state index contributed by atoms with van der Waals surface area (Å²) < 4.78 is 9.88. The molecule has 0 atom stereocenters. The number of alkyl halides is 2. The molecule has 0 spiro atoms. The van der Waals surface area contributed by atoms with E-state index in [-0.39, 0.29) is 17.7 Å². The van der Waals surface area contributed by atoms with Crippen molar-refractivity contribution in [3.8, 4) is 11.5 Å². The molecule has 0 aromatic heterocycles. The summed E-state index contributed by atoms with van der Waals surface area (Å²) in [7, 11) is 3.22. The van der Waals surface area contributed by atoms with Crippen LogP contribution in [0.25, 0.3) is 0 Å². The summed E-state index contributed by atoms with van der Waals surface area (Å²) in [4.78, 5) is 20.3. The number of benzene rings is 2. The van der Waals surface area contributed by atoms with E-state index in [2.05, 4.69) is 5.32 Å². The molecule has 2 aromatic carbocycles. The summed E-state index contributed by atoms with van der Waals surface area (Å²) in [6.45, 7) is 0. The molecule has 1 amide bonds. The molecule has 0 saturated heterocycles. The lowest BCUT2D eigenvalue weighted by Gasteiger charge is -2.03. The molecular weight excluding hydrogens is 415 g/mol. The van der Waals surface area contributed by atoms with Crippen molar-refractivity contribution in [3.63, 3.8) is 0 Å². The second-order valence-electron chi connectivity index (χ2n) is 4.67. The zero-order valence-electron chi connectivity index (χ0n) is 14.9. The third-order valence-electron chi connectivity index (χ3n) is 2.72. The zero-order chi connectivity index (χ0) is 20.7. The van der Waals surface area contributed by atoms with Crippen molar-refractivity contribution in [1.29, 1.82) is 0 Å². The number of rotatable bonds is 5. The van der Waals surface area contributed by atoms with Crippen molar-refractivity contribution in [2.75, 3.05) is 37.0 Å². The molecule has 2 rings (SSSR count). The van der Waals surface area contributed by atoms with Gasteiger partial charge >= 0.3 is 0 Å². The number of carbonyl (C=O) groups excluding carboxylic acids is 2. The Morgan fingerprint density at radius 3 is 1.63 bits per heavy atom. The molecule has 0 aliphatic rings. The van der Waals surface area contributed by atoms with Gasteiger partial charge in [-0.15, -0.1) is 23.2 Å². The average molecular weight is 436 g/mol. The number of nitrogen functional groups attached to an aromatic ring is 1. The zero-order valence-corrected chi connectivity index (χ0v) is 17.1. The quantitative estimate of drug-likeness (QED) is 0.418. The molecule has 0 saturated carbocycles. The first kappa shape index (κ1) is 24.8. The minimum Gasteiger partial charge on any atom is -0.497 e. The number of hydrogen-bond acceptors (Lipinski definition) is 5. The van der Waals surface area contributed by atoms with Gasteiger partial charge in [0, 0.05) is 11.4 Å². The Morgan fingerprint density at radius 2 is 1.30 bits per heavy atom. The van der Waals surface area contributed by atoms with Crippen LogP contribution in [0.4, 0.5) is 11.4 Å². The lowest BCUT2D eigenvalue weighted by Crippen LogP contribution is -2.12. The fourth-order valence-electron chi connectivity index (χ4n) is 1.47. The highest BCUT2D eigenvalue weighted by atomic mass is 35.5. The van der Waals surface area contributed by atoms with Crippen LogP contribution in [0.3, 0.4) is 0 Å². The number of hydrogen-bond donors (Lipinski definition) is 2. The van der Waals surface area contributed by atoms with Gasteiger partial charge in [0.15, 0.2) is 0 Å². The van der Waals surface area contributed by atoms with E-state index in [1.807, 2.05) is 12.1 Å². The van der Waals surface area contributed by atoms with Gasteiger partial charge in [-0.05, 0) is 60.1 Å². The SMILES string of the molecule is COc1ccc(N)cc1.COc1ccc(NC(=O)CCl)cc1.O=C(Cl)CCl. The lowest BCUT2D eigenvalue weighted by molar-refractivity contribution is -0.114. The first-order valence-electron chi connectivity index (χ1n) is 7.50. The standard InChI is InChI=1S/C9H10ClNO2.C7H9NO.C2H2Cl2O/c1-13-8-4-2-7(3-5-8)11-9(12)6-10;1-9-7-4-2-6(8)3-5-7;3-1-2(4)5/h2-5H,6H2,1H3,(H,11,12);2-5H,8H2,1H3;1H2. The average Bonchev–Trinajstić information content (AvgIpc) is 2.70. The summed E-state index contributed by atoms with van der Waals surface area (Å²) in [6, 6.07) is 14.3. The molecular formula is C18H21Cl3N2O4. The Labute approximate surface area is 173 Å². The molecule has 27 heavy (non-hydrogen) atoms. The molecule has 9 heteroatoms. The van der Waals surface area contributed by atoms with Crippen LogP contribution < -0.4 is 20.5 Å². The number of halogens is 3. The predicted molar refractivity (Wildman–Crippen MR) is 111 cm³/mol. The number of amides is 1. The van der Waals surface area contributed by atoms with Gasteiger partial charge in [-0.25, -0.2) is 0 Å². The highest BCUT2D eigenvalue weighted by Gasteiger charge is 1.99. The molecule has 0 bridgehead atoms. The third kappa shape index (κ3) is 12.8. The number of ether oxygens (including phenoxy) is 2. The molecule has 148 valence electrons. The van der Waals surface area contributed by atoms with Gasteiger partial charge in [0.05, 0.1) is 20.1 Å². The Kier molecular flexibility index (Phi) is 13.8. The Bertz CT molecular complexity index is 680. The van der Waals surface area contributed by atoms with Crippen molar-refractivity contribution in [2.24, 2.45) is 0 Å². The van der Waals surface area contributed by atoms with Crippen molar-refractivity contribution in [2.45, 2.75) is 0 Å². The minimum atomic E-state index is -0.508. The third-order valence-corrected chi connectivity index (χ3v) is 3.47. The molecule has 0 heterocycles. The van der Waals surface area contributed by atoms with Gasteiger partial charge in [-0.1, -0.05) is 0 Å². The van der Waals surface area contributed by atoms with E-state index in [9.17, 15) is 9.59 Å². The van der Waals surface area contributed by atoms with E-state index in [1.54, 1.807) is 50.6 Å². The molecule has 3 N–H and O–H groups in total. The van der Waals surface area contributed by atoms with Crippen LogP contribution in [-0.2, 0) is 9.59 Å². The molecule has 2 aromatic rings. The van der Waals surface area contributed by atoms with E-state index in [4.69, 9.17) is 50.0 Å². The molecule has 6 nitrogen and oxygen atoms in total. The Balaban J connectivity index is 0.000000419. The number of anilines is 2. The van der Waals surface area contributed by atoms with Gasteiger partial charge in [0.1, 0.15) is 17.4 Å². The lowest BCUT2D eigenvalue weighted by atomic mass is 10.3.